The van der Waals surface area contributed by atoms with Gasteiger partial charge in [-0.1, -0.05) is 0 Å². The van der Waals surface area contributed by atoms with Gasteiger partial charge in [-0.25, -0.2) is 0 Å². The third kappa shape index (κ3) is 1.70. The fourth-order valence-electron chi connectivity index (χ4n) is 1.08. The predicted octanol–water partition coefficient (Wildman–Crippen LogP) is 3.23. The molecule has 0 saturated carbocycles. The minimum Gasteiger partial charge on any atom is -0.459 e. The van der Waals surface area contributed by atoms with E-state index in [4.69, 9.17) is 10.2 Å². The molecular formula is C9H8BrNOS. The monoisotopic (exact) mass is 257 g/mol. The van der Waals surface area contributed by atoms with Gasteiger partial charge in [0.2, 0.25) is 0 Å². The number of halogens is 1. The standard InChI is InChI=1S/C9H8BrNOS/c10-7-3-4-13-9(7)8-2-1-6(5-11)12-8/h1-4H,5,11H2. The van der Waals surface area contributed by atoms with Gasteiger partial charge in [0.15, 0.2) is 0 Å². The van der Waals surface area contributed by atoms with Crippen molar-refractivity contribution < 1.29 is 4.42 Å². The van der Waals surface area contributed by atoms with Crippen molar-refractivity contribution in [2.75, 3.05) is 0 Å². The first-order valence-electron chi connectivity index (χ1n) is 3.83. The zero-order chi connectivity index (χ0) is 9.26. The van der Waals surface area contributed by atoms with Crippen LogP contribution in [0, 0.1) is 0 Å². The van der Waals surface area contributed by atoms with Crippen molar-refractivity contribution in [2.45, 2.75) is 6.54 Å². The van der Waals surface area contributed by atoms with E-state index in [1.54, 1.807) is 11.3 Å². The number of hydrogen-bond acceptors (Lipinski definition) is 3. The summed E-state index contributed by atoms with van der Waals surface area (Å²) in [5.41, 5.74) is 5.45. The van der Waals surface area contributed by atoms with Crippen molar-refractivity contribution in [1.82, 2.24) is 0 Å². The minimum atomic E-state index is 0.447. The summed E-state index contributed by atoms with van der Waals surface area (Å²) < 4.78 is 6.58. The van der Waals surface area contributed by atoms with Gasteiger partial charge in [0.1, 0.15) is 11.5 Å². The fraction of sp³-hybridized carbons (Fsp3) is 0.111. The van der Waals surface area contributed by atoms with Crippen molar-refractivity contribution >= 4 is 27.3 Å². The highest BCUT2D eigenvalue weighted by Gasteiger charge is 2.08. The Morgan fingerprint density at radius 3 is 2.77 bits per heavy atom. The van der Waals surface area contributed by atoms with E-state index in [1.807, 2.05) is 23.6 Å². The van der Waals surface area contributed by atoms with E-state index in [2.05, 4.69) is 15.9 Å². The van der Waals surface area contributed by atoms with Crippen LogP contribution in [-0.4, -0.2) is 0 Å². The van der Waals surface area contributed by atoms with Crippen LogP contribution in [0.2, 0.25) is 0 Å². The molecule has 13 heavy (non-hydrogen) atoms. The van der Waals surface area contributed by atoms with Gasteiger partial charge in [0.05, 0.1) is 11.4 Å². The summed E-state index contributed by atoms with van der Waals surface area (Å²) in [6.07, 6.45) is 0. The Balaban J connectivity index is 2.41. The smallest absolute Gasteiger partial charge is 0.145 e. The number of hydrogen-bond donors (Lipinski definition) is 1. The molecule has 0 aliphatic heterocycles. The molecule has 2 aromatic rings. The SMILES string of the molecule is NCc1ccc(-c2sccc2Br)o1. The fourth-order valence-corrected chi connectivity index (χ4v) is 2.61. The van der Waals surface area contributed by atoms with Gasteiger partial charge in [-0.2, -0.15) is 0 Å². The Morgan fingerprint density at radius 2 is 2.23 bits per heavy atom. The van der Waals surface area contributed by atoms with Crippen LogP contribution < -0.4 is 5.73 Å². The highest BCUT2D eigenvalue weighted by Crippen LogP contribution is 2.34. The summed E-state index contributed by atoms with van der Waals surface area (Å²) in [7, 11) is 0. The number of thiophene rings is 1. The van der Waals surface area contributed by atoms with Gasteiger partial charge in [-0.15, -0.1) is 11.3 Å². The van der Waals surface area contributed by atoms with E-state index >= 15 is 0 Å². The first-order chi connectivity index (χ1) is 6.31. The van der Waals surface area contributed by atoms with Crippen LogP contribution in [0.25, 0.3) is 10.6 Å². The van der Waals surface area contributed by atoms with Crippen molar-refractivity contribution in [1.29, 1.82) is 0 Å². The molecule has 2 N–H and O–H groups in total. The van der Waals surface area contributed by atoms with E-state index in [1.165, 1.54) is 0 Å². The zero-order valence-electron chi connectivity index (χ0n) is 6.79. The molecule has 0 saturated heterocycles. The summed E-state index contributed by atoms with van der Waals surface area (Å²) in [6, 6.07) is 5.85. The van der Waals surface area contributed by atoms with E-state index in [-0.39, 0.29) is 0 Å². The minimum absolute atomic E-state index is 0.447. The van der Waals surface area contributed by atoms with E-state index in [0.29, 0.717) is 6.54 Å². The Kier molecular flexibility index (Phi) is 2.53. The van der Waals surface area contributed by atoms with Gasteiger partial charge in [-0.3, -0.25) is 0 Å². The van der Waals surface area contributed by atoms with Crippen LogP contribution >= 0.6 is 27.3 Å². The number of furan rings is 1. The molecule has 0 aliphatic rings. The van der Waals surface area contributed by atoms with Crippen molar-refractivity contribution in [2.24, 2.45) is 5.73 Å². The van der Waals surface area contributed by atoms with Gasteiger partial charge < -0.3 is 10.2 Å². The van der Waals surface area contributed by atoms with E-state index < -0.39 is 0 Å². The summed E-state index contributed by atoms with van der Waals surface area (Å²) >= 11 is 5.10. The summed E-state index contributed by atoms with van der Waals surface area (Å²) in [4.78, 5) is 1.11. The van der Waals surface area contributed by atoms with Crippen LogP contribution in [0.15, 0.2) is 32.5 Å². The lowest BCUT2D eigenvalue weighted by atomic mass is 10.3. The second-order valence-corrected chi connectivity index (χ2v) is 4.34. The molecule has 2 aromatic heterocycles. The quantitative estimate of drug-likeness (QED) is 0.898. The van der Waals surface area contributed by atoms with Gasteiger partial charge in [0.25, 0.3) is 0 Å². The molecule has 2 nitrogen and oxygen atoms in total. The van der Waals surface area contributed by atoms with Crippen molar-refractivity contribution in [3.05, 3.63) is 33.8 Å². The topological polar surface area (TPSA) is 39.2 Å². The zero-order valence-corrected chi connectivity index (χ0v) is 9.19. The molecule has 68 valence electrons. The summed E-state index contributed by atoms with van der Waals surface area (Å²) in [6.45, 7) is 0.447. The molecular weight excluding hydrogens is 250 g/mol. The third-order valence-electron chi connectivity index (χ3n) is 1.70. The molecule has 0 atom stereocenters. The molecule has 4 heteroatoms. The van der Waals surface area contributed by atoms with Crippen LogP contribution in [0.1, 0.15) is 5.76 Å². The third-order valence-corrected chi connectivity index (χ3v) is 3.56. The average Bonchev–Trinajstić information content (AvgIpc) is 2.71. The lowest BCUT2D eigenvalue weighted by Gasteiger charge is -1.92. The normalized spacial score (nSPS) is 10.6. The summed E-state index contributed by atoms with van der Waals surface area (Å²) in [5.74, 6) is 1.69. The Bertz CT molecular complexity index is 407. The first kappa shape index (κ1) is 8.99. The lowest BCUT2D eigenvalue weighted by Crippen LogP contribution is -1.92. The summed E-state index contributed by atoms with van der Waals surface area (Å²) in [5, 5.41) is 2.02. The second-order valence-electron chi connectivity index (χ2n) is 2.57. The molecule has 0 unspecified atom stereocenters. The van der Waals surface area contributed by atoms with Crippen molar-refractivity contribution in [3.8, 4) is 10.6 Å². The Hall–Kier alpha value is -0.580. The maximum atomic E-state index is 5.51. The van der Waals surface area contributed by atoms with E-state index in [0.717, 1.165) is 20.9 Å². The van der Waals surface area contributed by atoms with E-state index in [9.17, 15) is 0 Å². The Labute approximate surface area is 88.5 Å². The molecule has 0 aliphatic carbocycles. The van der Waals surface area contributed by atoms with Crippen molar-refractivity contribution in [3.63, 3.8) is 0 Å². The van der Waals surface area contributed by atoms with Crippen LogP contribution in [0.5, 0.6) is 0 Å². The highest BCUT2D eigenvalue weighted by atomic mass is 79.9. The molecule has 0 amide bonds. The van der Waals surface area contributed by atoms with Gasteiger partial charge in [0, 0.05) is 4.47 Å². The predicted molar refractivity (Wildman–Crippen MR) is 57.6 cm³/mol. The molecule has 2 heterocycles. The molecule has 0 fully saturated rings. The van der Waals surface area contributed by atoms with Crippen LogP contribution in [0.3, 0.4) is 0 Å². The maximum Gasteiger partial charge on any atom is 0.145 e. The lowest BCUT2D eigenvalue weighted by molar-refractivity contribution is 0.526. The molecule has 0 spiro atoms. The average molecular weight is 258 g/mol. The number of nitrogens with two attached hydrogens (primary N) is 1. The van der Waals surface area contributed by atoms with Crippen LogP contribution in [-0.2, 0) is 6.54 Å². The number of rotatable bonds is 2. The molecule has 0 aromatic carbocycles. The van der Waals surface area contributed by atoms with Gasteiger partial charge in [-0.05, 0) is 39.5 Å². The van der Waals surface area contributed by atoms with Crippen LogP contribution in [0.4, 0.5) is 0 Å². The maximum absolute atomic E-state index is 5.51. The largest absolute Gasteiger partial charge is 0.459 e. The molecule has 2 rings (SSSR count). The first-order valence-corrected chi connectivity index (χ1v) is 5.50. The molecule has 0 bridgehead atoms. The highest BCUT2D eigenvalue weighted by molar-refractivity contribution is 9.10. The second kappa shape index (κ2) is 3.65. The Morgan fingerprint density at radius 1 is 1.38 bits per heavy atom. The molecule has 0 radical (unpaired) electrons. The van der Waals surface area contributed by atoms with Gasteiger partial charge >= 0.3 is 0 Å².